The third kappa shape index (κ3) is 3.38. The molecule has 5 heteroatoms. The summed E-state index contributed by atoms with van der Waals surface area (Å²) in [4.78, 5) is 12.1. The molecule has 2 aromatic carbocycles. The van der Waals surface area contributed by atoms with Crippen LogP contribution in [0.5, 0.6) is 11.5 Å². The van der Waals surface area contributed by atoms with Crippen molar-refractivity contribution < 1.29 is 14.3 Å². The highest BCUT2D eigenvalue weighted by molar-refractivity contribution is 5.69. The van der Waals surface area contributed by atoms with Crippen LogP contribution in [0.25, 0.3) is 0 Å². The van der Waals surface area contributed by atoms with E-state index in [0.717, 1.165) is 36.8 Å². The number of nitrogens with zero attached hydrogens (tertiary/aromatic N) is 2. The summed E-state index contributed by atoms with van der Waals surface area (Å²) in [7, 11) is 0. The van der Waals surface area contributed by atoms with Gasteiger partial charge < -0.3 is 9.47 Å². The van der Waals surface area contributed by atoms with E-state index in [1.54, 1.807) is 24.3 Å². The Bertz CT molecular complexity index is 883. The number of hydrogen-bond donors (Lipinski definition) is 0. The molecule has 0 bridgehead atoms. The van der Waals surface area contributed by atoms with Crippen molar-refractivity contribution in [2.75, 3.05) is 0 Å². The van der Waals surface area contributed by atoms with E-state index in [1.165, 1.54) is 0 Å². The van der Waals surface area contributed by atoms with Gasteiger partial charge in [0.25, 0.3) is 0 Å². The number of hydrogen-bond acceptors (Lipinski definition) is 5. The van der Waals surface area contributed by atoms with Gasteiger partial charge >= 0.3 is 6.16 Å². The molecule has 0 N–H and O–H groups in total. The molecule has 4 rings (SSSR count). The van der Waals surface area contributed by atoms with Gasteiger partial charge in [-0.25, -0.2) is 4.79 Å². The van der Waals surface area contributed by atoms with Crippen LogP contribution in [-0.2, 0) is 0 Å². The van der Waals surface area contributed by atoms with Crippen molar-refractivity contribution in [1.82, 2.24) is 0 Å². The first-order valence-electron chi connectivity index (χ1n) is 8.65. The summed E-state index contributed by atoms with van der Waals surface area (Å²) in [6.45, 7) is 0. The Kier molecular flexibility index (Phi) is 4.07. The lowest BCUT2D eigenvalue weighted by Gasteiger charge is -2.10. The first kappa shape index (κ1) is 16.2. The van der Waals surface area contributed by atoms with Crippen LogP contribution in [0.4, 0.5) is 4.79 Å². The zero-order chi connectivity index (χ0) is 18.1. The van der Waals surface area contributed by atoms with E-state index in [1.807, 2.05) is 12.1 Å². The van der Waals surface area contributed by atoms with Crippen LogP contribution >= 0.6 is 0 Å². The standard InChI is InChI=1S/C21H16N2O3/c22-11-17-9-15(13-1-2-13)5-7-19(17)25-21(24)26-20-8-6-16(14-3-4-14)10-18(20)12-23/h5-10,13-14H,1-4H2. The van der Waals surface area contributed by atoms with Gasteiger partial charge in [0.05, 0.1) is 11.1 Å². The number of carbonyl (C=O) groups excluding carboxylic acids is 1. The molecule has 0 saturated heterocycles. The molecule has 2 saturated carbocycles. The van der Waals surface area contributed by atoms with E-state index in [2.05, 4.69) is 12.1 Å². The smallest absolute Gasteiger partial charge is 0.393 e. The zero-order valence-corrected chi connectivity index (χ0v) is 14.1. The van der Waals surface area contributed by atoms with E-state index in [9.17, 15) is 15.3 Å². The average molecular weight is 344 g/mol. The van der Waals surface area contributed by atoms with Gasteiger partial charge in [-0.2, -0.15) is 10.5 Å². The summed E-state index contributed by atoms with van der Waals surface area (Å²) >= 11 is 0. The van der Waals surface area contributed by atoms with Gasteiger partial charge in [-0.3, -0.25) is 0 Å². The van der Waals surface area contributed by atoms with Crippen molar-refractivity contribution in [1.29, 1.82) is 10.5 Å². The highest BCUT2D eigenvalue weighted by atomic mass is 16.7. The number of benzene rings is 2. The normalized spacial score (nSPS) is 15.6. The quantitative estimate of drug-likeness (QED) is 0.589. The molecule has 2 aliphatic carbocycles. The van der Waals surface area contributed by atoms with Crippen LogP contribution in [0.2, 0.25) is 0 Å². The van der Waals surface area contributed by atoms with Crippen molar-refractivity contribution in [2.45, 2.75) is 37.5 Å². The van der Waals surface area contributed by atoms with Crippen molar-refractivity contribution >= 4 is 6.16 Å². The summed E-state index contributed by atoms with van der Waals surface area (Å²) in [6.07, 6.45) is 3.54. The largest absolute Gasteiger partial charge is 0.519 e. The van der Waals surface area contributed by atoms with E-state index >= 15 is 0 Å². The Balaban J connectivity index is 1.49. The van der Waals surface area contributed by atoms with Gasteiger partial charge in [0, 0.05) is 0 Å². The Morgan fingerprint density at radius 1 is 0.808 bits per heavy atom. The van der Waals surface area contributed by atoms with Crippen LogP contribution in [0.15, 0.2) is 36.4 Å². The van der Waals surface area contributed by atoms with Gasteiger partial charge in [-0.15, -0.1) is 0 Å². The third-order valence-corrected chi connectivity index (χ3v) is 4.73. The zero-order valence-electron chi connectivity index (χ0n) is 14.1. The minimum atomic E-state index is -0.962. The lowest BCUT2D eigenvalue weighted by atomic mass is 10.1. The van der Waals surface area contributed by atoms with Gasteiger partial charge in [-0.1, -0.05) is 12.1 Å². The first-order valence-corrected chi connectivity index (χ1v) is 8.65. The summed E-state index contributed by atoms with van der Waals surface area (Å²) in [5.41, 5.74) is 2.78. The fourth-order valence-electron chi connectivity index (χ4n) is 2.99. The van der Waals surface area contributed by atoms with E-state index in [-0.39, 0.29) is 11.5 Å². The molecular weight excluding hydrogens is 328 g/mol. The molecule has 5 nitrogen and oxygen atoms in total. The Labute approximate surface area is 151 Å². The second kappa shape index (κ2) is 6.54. The lowest BCUT2D eigenvalue weighted by Crippen LogP contribution is -2.15. The molecule has 0 atom stereocenters. The molecule has 26 heavy (non-hydrogen) atoms. The highest BCUT2D eigenvalue weighted by Gasteiger charge is 2.26. The molecule has 2 aliphatic rings. The summed E-state index contributed by atoms with van der Waals surface area (Å²) < 4.78 is 10.4. The molecule has 2 aromatic rings. The lowest BCUT2D eigenvalue weighted by molar-refractivity contribution is 0.151. The first-order chi connectivity index (χ1) is 12.7. The molecule has 2 fully saturated rings. The van der Waals surface area contributed by atoms with Crippen LogP contribution < -0.4 is 9.47 Å². The molecule has 0 spiro atoms. The van der Waals surface area contributed by atoms with Crippen LogP contribution in [0.1, 0.15) is 59.8 Å². The molecule has 0 amide bonds. The van der Waals surface area contributed by atoms with Crippen LogP contribution in [0, 0.1) is 22.7 Å². The summed E-state index contributed by atoms with van der Waals surface area (Å²) in [6, 6.07) is 14.6. The molecule has 128 valence electrons. The number of nitriles is 2. The second-order valence-corrected chi connectivity index (χ2v) is 6.74. The number of ether oxygens (including phenoxy) is 2. The fraction of sp³-hybridized carbons (Fsp3) is 0.286. The summed E-state index contributed by atoms with van der Waals surface area (Å²) in [5, 5.41) is 18.6. The average Bonchev–Trinajstić information content (AvgIpc) is 3.55. The van der Waals surface area contributed by atoms with E-state index in [4.69, 9.17) is 9.47 Å². The fourth-order valence-corrected chi connectivity index (χ4v) is 2.99. The van der Waals surface area contributed by atoms with Gasteiger partial charge in [0.1, 0.15) is 12.1 Å². The predicted octanol–water partition coefficient (Wildman–Crippen LogP) is 4.76. The maximum Gasteiger partial charge on any atom is 0.519 e. The van der Waals surface area contributed by atoms with E-state index in [0.29, 0.717) is 23.0 Å². The maximum atomic E-state index is 12.1. The molecular formula is C21H16N2O3. The molecule has 0 aromatic heterocycles. The molecule has 0 radical (unpaired) electrons. The topological polar surface area (TPSA) is 83.1 Å². The Morgan fingerprint density at radius 3 is 1.58 bits per heavy atom. The molecule has 0 aliphatic heterocycles. The number of carbonyl (C=O) groups is 1. The van der Waals surface area contributed by atoms with Gasteiger partial charge in [0.15, 0.2) is 11.5 Å². The SMILES string of the molecule is N#Cc1cc(C2CC2)ccc1OC(=O)Oc1ccc(C2CC2)cc1C#N. The molecule has 0 unspecified atom stereocenters. The molecule has 0 heterocycles. The van der Waals surface area contributed by atoms with E-state index < -0.39 is 6.16 Å². The third-order valence-electron chi connectivity index (χ3n) is 4.73. The minimum absolute atomic E-state index is 0.162. The number of rotatable bonds is 4. The van der Waals surface area contributed by atoms with Crippen molar-refractivity contribution in [3.63, 3.8) is 0 Å². The Hall–Kier alpha value is -3.31. The van der Waals surface area contributed by atoms with Crippen molar-refractivity contribution in [2.24, 2.45) is 0 Å². The summed E-state index contributed by atoms with van der Waals surface area (Å²) in [5.74, 6) is 1.34. The van der Waals surface area contributed by atoms with Crippen LogP contribution in [-0.4, -0.2) is 6.16 Å². The van der Waals surface area contributed by atoms with Crippen molar-refractivity contribution in [3.8, 4) is 23.6 Å². The maximum absolute atomic E-state index is 12.1. The minimum Gasteiger partial charge on any atom is -0.393 e. The van der Waals surface area contributed by atoms with Crippen molar-refractivity contribution in [3.05, 3.63) is 58.7 Å². The van der Waals surface area contributed by atoms with Crippen LogP contribution in [0.3, 0.4) is 0 Å². The monoisotopic (exact) mass is 344 g/mol. The second-order valence-electron chi connectivity index (χ2n) is 6.74. The Morgan fingerprint density at radius 2 is 1.23 bits per heavy atom. The highest BCUT2D eigenvalue weighted by Crippen LogP contribution is 2.42. The van der Waals surface area contributed by atoms with Gasteiger partial charge in [0.2, 0.25) is 0 Å². The predicted molar refractivity (Wildman–Crippen MR) is 92.9 cm³/mol. The van der Waals surface area contributed by atoms with Gasteiger partial charge in [-0.05, 0) is 72.9 Å².